The minimum Gasteiger partial charge on any atom is -0.467 e. The van der Waals surface area contributed by atoms with E-state index in [-0.39, 0.29) is 12.1 Å². The number of rotatable bonds is 3. The van der Waals surface area contributed by atoms with E-state index in [9.17, 15) is 4.79 Å². The van der Waals surface area contributed by atoms with Crippen LogP contribution in [0.5, 0.6) is 0 Å². The Morgan fingerprint density at radius 2 is 2.18 bits per heavy atom. The van der Waals surface area contributed by atoms with Crippen molar-refractivity contribution in [3.05, 3.63) is 35.9 Å². The molecule has 1 aromatic carbocycles. The fourth-order valence-corrected chi connectivity index (χ4v) is 2.24. The van der Waals surface area contributed by atoms with Crippen molar-refractivity contribution in [1.82, 2.24) is 10.2 Å². The Kier molecular flexibility index (Phi) is 3.76. The number of esters is 1. The van der Waals surface area contributed by atoms with E-state index in [4.69, 9.17) is 4.74 Å². The average Bonchev–Trinajstić information content (AvgIpc) is 2.70. The summed E-state index contributed by atoms with van der Waals surface area (Å²) in [5.74, 6) is -0.219. The molecule has 92 valence electrons. The highest BCUT2D eigenvalue weighted by atomic mass is 16.5. The monoisotopic (exact) mass is 234 g/mol. The molecule has 0 aromatic heterocycles. The van der Waals surface area contributed by atoms with E-state index in [2.05, 4.69) is 17.4 Å². The van der Waals surface area contributed by atoms with Crippen LogP contribution in [0.15, 0.2) is 30.3 Å². The van der Waals surface area contributed by atoms with Crippen LogP contribution < -0.4 is 5.32 Å². The number of nitrogens with one attached hydrogen (secondary N) is 1. The Balaban J connectivity index is 1.95. The maximum absolute atomic E-state index is 11.5. The Bertz CT molecular complexity index is 380. The van der Waals surface area contributed by atoms with E-state index in [1.54, 1.807) is 0 Å². The molecule has 1 saturated heterocycles. The Labute approximate surface area is 102 Å². The van der Waals surface area contributed by atoms with Crippen molar-refractivity contribution in [2.75, 3.05) is 20.7 Å². The topological polar surface area (TPSA) is 41.6 Å². The van der Waals surface area contributed by atoms with Gasteiger partial charge in [0.05, 0.1) is 7.11 Å². The molecule has 17 heavy (non-hydrogen) atoms. The van der Waals surface area contributed by atoms with Gasteiger partial charge in [0, 0.05) is 12.6 Å². The van der Waals surface area contributed by atoms with Gasteiger partial charge in [0.2, 0.25) is 0 Å². The first-order chi connectivity index (χ1) is 8.20. The molecule has 2 rings (SSSR count). The van der Waals surface area contributed by atoms with E-state index in [1.807, 2.05) is 30.1 Å². The molecule has 0 spiro atoms. The first kappa shape index (κ1) is 12.1. The van der Waals surface area contributed by atoms with Gasteiger partial charge < -0.3 is 4.74 Å². The fourth-order valence-electron chi connectivity index (χ4n) is 2.24. The number of hydrogen-bond acceptors (Lipinski definition) is 4. The van der Waals surface area contributed by atoms with Crippen molar-refractivity contribution in [2.45, 2.75) is 18.6 Å². The molecule has 1 unspecified atom stereocenters. The SMILES string of the molecule is COC(=O)C1N[C@H](Cc2ccccc2)CN1C. The molecule has 1 fully saturated rings. The molecule has 1 N–H and O–H groups in total. The normalized spacial score (nSPS) is 24.8. The van der Waals surface area contributed by atoms with E-state index >= 15 is 0 Å². The van der Waals surface area contributed by atoms with Crippen LogP contribution in [0.25, 0.3) is 0 Å². The van der Waals surface area contributed by atoms with Gasteiger partial charge in [-0.05, 0) is 19.0 Å². The van der Waals surface area contributed by atoms with E-state index in [0.29, 0.717) is 6.04 Å². The lowest BCUT2D eigenvalue weighted by atomic mass is 10.1. The number of ether oxygens (including phenoxy) is 1. The molecule has 0 aliphatic carbocycles. The van der Waals surface area contributed by atoms with Crippen LogP contribution in [0, 0.1) is 0 Å². The third-order valence-electron chi connectivity index (χ3n) is 3.09. The predicted molar refractivity (Wildman–Crippen MR) is 65.5 cm³/mol. The van der Waals surface area contributed by atoms with Crippen molar-refractivity contribution in [2.24, 2.45) is 0 Å². The Morgan fingerprint density at radius 3 is 2.82 bits per heavy atom. The van der Waals surface area contributed by atoms with Gasteiger partial charge in [-0.3, -0.25) is 10.2 Å². The van der Waals surface area contributed by atoms with Crippen molar-refractivity contribution in [3.8, 4) is 0 Å². The van der Waals surface area contributed by atoms with E-state index in [1.165, 1.54) is 12.7 Å². The fraction of sp³-hybridized carbons (Fsp3) is 0.462. The van der Waals surface area contributed by atoms with Crippen LogP contribution in [-0.4, -0.2) is 43.8 Å². The second kappa shape index (κ2) is 5.29. The molecule has 1 heterocycles. The zero-order valence-electron chi connectivity index (χ0n) is 10.2. The molecule has 0 bridgehead atoms. The van der Waals surface area contributed by atoms with Gasteiger partial charge in [-0.25, -0.2) is 4.79 Å². The highest BCUT2D eigenvalue weighted by Gasteiger charge is 2.34. The third kappa shape index (κ3) is 2.84. The van der Waals surface area contributed by atoms with Gasteiger partial charge in [0.25, 0.3) is 0 Å². The van der Waals surface area contributed by atoms with E-state index < -0.39 is 0 Å². The second-order valence-corrected chi connectivity index (χ2v) is 4.42. The maximum Gasteiger partial charge on any atom is 0.338 e. The summed E-state index contributed by atoms with van der Waals surface area (Å²) in [5.41, 5.74) is 1.28. The number of carbonyl (C=O) groups excluding carboxylic acids is 1. The highest BCUT2D eigenvalue weighted by Crippen LogP contribution is 2.12. The summed E-state index contributed by atoms with van der Waals surface area (Å²) >= 11 is 0. The smallest absolute Gasteiger partial charge is 0.338 e. The minimum absolute atomic E-state index is 0.219. The molecule has 0 amide bonds. The van der Waals surface area contributed by atoms with Crippen LogP contribution in [0.4, 0.5) is 0 Å². The van der Waals surface area contributed by atoms with Gasteiger partial charge >= 0.3 is 5.97 Å². The standard InChI is InChI=1S/C13H18N2O2/c1-15-9-11(14-12(15)13(16)17-2)8-10-6-4-3-5-7-10/h3-7,11-12,14H,8-9H2,1-2H3/t11-,12?/m1/s1. The molecule has 0 saturated carbocycles. The number of methoxy groups -OCH3 is 1. The van der Waals surface area contributed by atoms with Crippen molar-refractivity contribution in [1.29, 1.82) is 0 Å². The molecule has 1 aromatic rings. The van der Waals surface area contributed by atoms with Crippen LogP contribution in [-0.2, 0) is 16.0 Å². The number of carbonyl (C=O) groups is 1. The Hall–Kier alpha value is -1.39. The molecule has 1 aliphatic heterocycles. The molecule has 0 radical (unpaired) electrons. The lowest BCUT2D eigenvalue weighted by Crippen LogP contribution is -2.42. The predicted octanol–water partition coefficient (Wildman–Crippen LogP) is 0.632. The zero-order chi connectivity index (χ0) is 12.3. The molecule has 4 nitrogen and oxygen atoms in total. The first-order valence-corrected chi connectivity index (χ1v) is 5.78. The summed E-state index contributed by atoms with van der Waals surface area (Å²) in [6, 6.07) is 10.6. The number of likely N-dealkylation sites (N-methyl/N-ethyl adjacent to an activating group) is 1. The van der Waals surface area contributed by atoms with Crippen LogP contribution >= 0.6 is 0 Å². The quantitative estimate of drug-likeness (QED) is 0.779. The lowest BCUT2D eigenvalue weighted by Gasteiger charge is -2.15. The third-order valence-corrected chi connectivity index (χ3v) is 3.09. The lowest BCUT2D eigenvalue weighted by molar-refractivity contribution is -0.146. The van der Waals surface area contributed by atoms with Crippen molar-refractivity contribution < 1.29 is 9.53 Å². The van der Waals surface area contributed by atoms with Crippen LogP contribution in [0.3, 0.4) is 0 Å². The van der Waals surface area contributed by atoms with Gasteiger partial charge in [0.15, 0.2) is 6.17 Å². The summed E-state index contributed by atoms with van der Waals surface area (Å²) in [6.45, 7) is 0.856. The molecule has 4 heteroatoms. The zero-order valence-corrected chi connectivity index (χ0v) is 10.2. The van der Waals surface area contributed by atoms with Gasteiger partial charge in [-0.1, -0.05) is 30.3 Å². The van der Waals surface area contributed by atoms with Crippen LogP contribution in [0.2, 0.25) is 0 Å². The maximum atomic E-state index is 11.5. The average molecular weight is 234 g/mol. The summed E-state index contributed by atoms with van der Waals surface area (Å²) in [7, 11) is 3.35. The highest BCUT2D eigenvalue weighted by molar-refractivity contribution is 5.75. The first-order valence-electron chi connectivity index (χ1n) is 5.78. The number of hydrogen-bond donors (Lipinski definition) is 1. The largest absolute Gasteiger partial charge is 0.467 e. The van der Waals surface area contributed by atoms with E-state index in [0.717, 1.165) is 13.0 Å². The van der Waals surface area contributed by atoms with Crippen LogP contribution in [0.1, 0.15) is 5.56 Å². The second-order valence-electron chi connectivity index (χ2n) is 4.42. The van der Waals surface area contributed by atoms with Gasteiger partial charge in [0.1, 0.15) is 0 Å². The molecular weight excluding hydrogens is 216 g/mol. The minimum atomic E-state index is -0.311. The van der Waals surface area contributed by atoms with Crippen molar-refractivity contribution in [3.63, 3.8) is 0 Å². The van der Waals surface area contributed by atoms with Crippen molar-refractivity contribution >= 4 is 5.97 Å². The number of benzene rings is 1. The molecule has 2 atom stereocenters. The summed E-state index contributed by atoms with van der Waals surface area (Å²) < 4.78 is 4.76. The van der Waals surface area contributed by atoms with Gasteiger partial charge in [-0.15, -0.1) is 0 Å². The Morgan fingerprint density at radius 1 is 1.47 bits per heavy atom. The number of nitrogens with zero attached hydrogens (tertiary/aromatic N) is 1. The molecular formula is C13H18N2O2. The molecule has 1 aliphatic rings. The van der Waals surface area contributed by atoms with Gasteiger partial charge in [-0.2, -0.15) is 0 Å². The summed E-state index contributed by atoms with van der Waals surface area (Å²) in [4.78, 5) is 13.5. The summed E-state index contributed by atoms with van der Waals surface area (Å²) in [6.07, 6.45) is 0.618. The summed E-state index contributed by atoms with van der Waals surface area (Å²) in [5, 5.41) is 3.29.